The van der Waals surface area contributed by atoms with Crippen LogP contribution in [0.1, 0.15) is 55.3 Å². The number of aryl methyl sites for hydroxylation is 1. The summed E-state index contributed by atoms with van der Waals surface area (Å²) in [7, 11) is 6.52. The van der Waals surface area contributed by atoms with Crippen molar-refractivity contribution in [1.29, 1.82) is 0 Å². The van der Waals surface area contributed by atoms with Crippen molar-refractivity contribution in [2.24, 2.45) is 5.92 Å². The van der Waals surface area contributed by atoms with Crippen molar-refractivity contribution in [2.45, 2.75) is 57.4 Å². The number of ether oxygens (including phenoxy) is 1. The average molecular weight is 552 g/mol. The molecule has 3 atom stereocenters. The fourth-order valence-electron chi connectivity index (χ4n) is 6.19. The predicted octanol–water partition coefficient (Wildman–Crippen LogP) is 3.84. The number of rotatable bonds is 14. The first kappa shape index (κ1) is 30.0. The third-order valence-electron chi connectivity index (χ3n) is 8.33. The van der Waals surface area contributed by atoms with Gasteiger partial charge in [-0.25, -0.2) is 0 Å². The minimum absolute atomic E-state index is 0.102. The van der Waals surface area contributed by atoms with Crippen molar-refractivity contribution in [3.05, 3.63) is 59.4 Å². The quantitative estimate of drug-likeness (QED) is 0.359. The summed E-state index contributed by atoms with van der Waals surface area (Å²) in [5.74, 6) is -0.586. The van der Waals surface area contributed by atoms with E-state index in [0.717, 1.165) is 72.4 Å². The molecule has 1 amide bonds. The molecule has 1 aromatic heterocycles. The monoisotopic (exact) mass is 551 g/mol. The molecule has 0 bridgehead atoms. The van der Waals surface area contributed by atoms with E-state index in [2.05, 4.69) is 44.0 Å². The normalized spacial score (nSPS) is 20.8. The fraction of sp³-hybridized carbons (Fsp3) is 0.594. The number of hydrogen-bond donors (Lipinski definition) is 1. The number of unbranched alkanes of at least 4 members (excludes halogenated alkanes) is 1. The van der Waals surface area contributed by atoms with Crippen LogP contribution in [-0.2, 0) is 22.4 Å². The largest absolute Gasteiger partial charge is 0.493 e. The number of quaternary nitrogens is 1. The number of fused-ring (bicyclic) bond motifs is 1. The molecular weight excluding hydrogens is 504 g/mol. The van der Waals surface area contributed by atoms with Gasteiger partial charge in [-0.2, -0.15) is 0 Å². The number of benzene rings is 1. The maximum absolute atomic E-state index is 13.8. The highest BCUT2D eigenvalue weighted by Crippen LogP contribution is 2.41. The second-order valence-electron chi connectivity index (χ2n) is 12.4. The summed E-state index contributed by atoms with van der Waals surface area (Å²) in [6.45, 7) is 6.09. The highest BCUT2D eigenvalue weighted by molar-refractivity contribution is 5.79. The molecule has 1 fully saturated rings. The maximum Gasteiger partial charge on any atom is 0.308 e. The van der Waals surface area contributed by atoms with Crippen LogP contribution in [0.4, 0.5) is 0 Å². The van der Waals surface area contributed by atoms with E-state index in [-0.39, 0.29) is 24.4 Å². The van der Waals surface area contributed by atoms with Gasteiger partial charge in [0.05, 0.1) is 46.8 Å². The van der Waals surface area contributed by atoms with Gasteiger partial charge in [-0.15, -0.1) is 0 Å². The zero-order valence-electron chi connectivity index (χ0n) is 24.7. The number of carboxylic acids is 1. The number of amides is 1. The lowest BCUT2D eigenvalue weighted by Gasteiger charge is -2.30. The molecule has 218 valence electrons. The van der Waals surface area contributed by atoms with E-state index < -0.39 is 11.9 Å². The van der Waals surface area contributed by atoms with Crippen molar-refractivity contribution in [3.8, 4) is 5.75 Å². The summed E-state index contributed by atoms with van der Waals surface area (Å²) in [4.78, 5) is 35.2. The number of carbonyl (C=O) groups excluding carboxylic acids is 1. The zero-order valence-corrected chi connectivity index (χ0v) is 24.7. The van der Waals surface area contributed by atoms with Gasteiger partial charge in [-0.05, 0) is 48.6 Å². The van der Waals surface area contributed by atoms with Gasteiger partial charge in [0, 0.05) is 56.3 Å². The van der Waals surface area contributed by atoms with E-state index in [1.807, 2.05) is 35.2 Å². The van der Waals surface area contributed by atoms with Crippen molar-refractivity contribution < 1.29 is 23.9 Å². The number of pyridine rings is 1. The zero-order chi connectivity index (χ0) is 28.7. The third-order valence-corrected chi connectivity index (χ3v) is 8.33. The number of carbonyl (C=O) groups is 2. The van der Waals surface area contributed by atoms with E-state index in [1.54, 1.807) is 6.20 Å². The molecule has 2 aliphatic heterocycles. The molecule has 0 radical (unpaired) electrons. The van der Waals surface area contributed by atoms with Gasteiger partial charge in [0.2, 0.25) is 5.91 Å². The van der Waals surface area contributed by atoms with Gasteiger partial charge in [0.15, 0.2) is 0 Å². The molecule has 4 rings (SSSR count). The van der Waals surface area contributed by atoms with Gasteiger partial charge >= 0.3 is 5.97 Å². The summed E-state index contributed by atoms with van der Waals surface area (Å²) in [6, 6.07) is 11.7. The van der Waals surface area contributed by atoms with E-state index in [9.17, 15) is 14.7 Å². The highest BCUT2D eigenvalue weighted by atomic mass is 16.5. The Bertz CT molecular complexity index is 1130. The molecule has 0 spiro atoms. The minimum Gasteiger partial charge on any atom is -0.493 e. The smallest absolute Gasteiger partial charge is 0.308 e. The van der Waals surface area contributed by atoms with Gasteiger partial charge in [-0.1, -0.05) is 31.5 Å². The number of hydrogen-bond acceptors (Lipinski definition) is 5. The van der Waals surface area contributed by atoms with Gasteiger partial charge in [-0.3, -0.25) is 19.5 Å². The molecule has 0 aliphatic carbocycles. The molecular formula is C32H47N4O4+. The number of nitrogens with zero attached hydrogens (tertiary/aromatic N) is 4. The van der Waals surface area contributed by atoms with Crippen molar-refractivity contribution >= 4 is 11.9 Å². The summed E-state index contributed by atoms with van der Waals surface area (Å²) < 4.78 is 6.57. The molecule has 3 unspecified atom stereocenters. The number of likely N-dealkylation sites (tertiary alicyclic amines) is 1. The first-order valence-electron chi connectivity index (χ1n) is 14.9. The molecule has 1 saturated heterocycles. The Balaban J connectivity index is 1.56. The molecule has 1 aromatic carbocycles. The standard InChI is InChI=1S/C32H46N4O4/c1-5-6-17-34(18-9-19-36(2,3)4)30(37)23-35-22-27(24-11-14-29-25(21-24)15-20-40-29)31(32(38)39)28(35)13-12-26-10-7-8-16-33-26/h7-8,10-11,14,16,21,27-28,31H,5-6,9,12-13,15,17-20,22-23H2,1-4H3/p+1. The molecule has 8 nitrogen and oxygen atoms in total. The van der Waals surface area contributed by atoms with Crippen LogP contribution in [0.3, 0.4) is 0 Å². The molecule has 2 aromatic rings. The van der Waals surface area contributed by atoms with Gasteiger partial charge in [0.1, 0.15) is 5.75 Å². The van der Waals surface area contributed by atoms with E-state index in [0.29, 0.717) is 26.0 Å². The summed E-state index contributed by atoms with van der Waals surface area (Å²) in [6.07, 6.45) is 6.88. The van der Waals surface area contributed by atoms with Crippen LogP contribution in [-0.4, -0.2) is 103 Å². The minimum atomic E-state index is -0.798. The van der Waals surface area contributed by atoms with Crippen LogP contribution in [0.5, 0.6) is 5.75 Å². The van der Waals surface area contributed by atoms with Crippen LogP contribution in [0.2, 0.25) is 0 Å². The predicted molar refractivity (Wildman–Crippen MR) is 156 cm³/mol. The summed E-state index contributed by atoms with van der Waals surface area (Å²) >= 11 is 0. The second kappa shape index (κ2) is 13.6. The van der Waals surface area contributed by atoms with Gasteiger partial charge < -0.3 is 19.2 Å². The van der Waals surface area contributed by atoms with Crippen molar-refractivity contribution in [2.75, 3.05) is 60.5 Å². The fourth-order valence-corrected chi connectivity index (χ4v) is 6.19. The second-order valence-corrected chi connectivity index (χ2v) is 12.4. The number of aromatic nitrogens is 1. The maximum atomic E-state index is 13.8. The SMILES string of the molecule is CCCCN(CCC[N+](C)(C)C)C(=O)CN1CC(c2ccc3c(c2)CCO3)C(C(=O)O)C1CCc1ccccn1. The Morgan fingerprint density at radius 1 is 1.15 bits per heavy atom. The van der Waals surface area contributed by atoms with Crippen molar-refractivity contribution in [3.63, 3.8) is 0 Å². The van der Waals surface area contributed by atoms with Crippen LogP contribution in [0.15, 0.2) is 42.6 Å². The highest BCUT2D eigenvalue weighted by Gasteiger charge is 2.47. The van der Waals surface area contributed by atoms with E-state index >= 15 is 0 Å². The van der Waals surface area contributed by atoms with Gasteiger partial charge in [0.25, 0.3) is 0 Å². The molecule has 2 aliphatic rings. The Kier molecular flexibility index (Phi) is 10.2. The molecule has 3 heterocycles. The summed E-state index contributed by atoms with van der Waals surface area (Å²) in [5.41, 5.74) is 3.12. The van der Waals surface area contributed by atoms with Crippen LogP contribution in [0.25, 0.3) is 0 Å². The van der Waals surface area contributed by atoms with Crippen LogP contribution >= 0.6 is 0 Å². The van der Waals surface area contributed by atoms with Crippen LogP contribution in [0, 0.1) is 5.92 Å². The Morgan fingerprint density at radius 2 is 1.95 bits per heavy atom. The molecule has 0 saturated carbocycles. The van der Waals surface area contributed by atoms with Crippen LogP contribution < -0.4 is 4.74 Å². The first-order valence-corrected chi connectivity index (χ1v) is 14.9. The van der Waals surface area contributed by atoms with Crippen molar-refractivity contribution in [1.82, 2.24) is 14.8 Å². The lowest BCUT2D eigenvalue weighted by Crippen LogP contribution is -2.45. The number of carboxylic acid groups (broad SMARTS) is 1. The first-order chi connectivity index (χ1) is 19.2. The van der Waals surface area contributed by atoms with E-state index in [1.165, 1.54) is 0 Å². The molecule has 1 N–H and O–H groups in total. The number of aliphatic carboxylic acids is 1. The van der Waals surface area contributed by atoms with E-state index in [4.69, 9.17) is 4.74 Å². The summed E-state index contributed by atoms with van der Waals surface area (Å²) in [5, 5.41) is 10.5. The lowest BCUT2D eigenvalue weighted by atomic mass is 9.83. The third kappa shape index (κ3) is 7.82. The lowest BCUT2D eigenvalue weighted by molar-refractivity contribution is -0.870. The Labute approximate surface area is 239 Å². The Morgan fingerprint density at radius 3 is 2.65 bits per heavy atom. The molecule has 40 heavy (non-hydrogen) atoms. The Hall–Kier alpha value is -2.97. The molecule has 8 heteroatoms. The topological polar surface area (TPSA) is 83.0 Å². The average Bonchev–Trinajstić information content (AvgIpc) is 3.53.